The second kappa shape index (κ2) is 6.95. The maximum atomic E-state index is 11.9. The number of nitrogens with zero attached hydrogens (tertiary/aromatic N) is 2. The van der Waals surface area contributed by atoms with Gasteiger partial charge in [-0.15, -0.1) is 0 Å². The number of amides is 1. The van der Waals surface area contributed by atoms with Crippen LogP contribution in [0, 0.1) is 6.92 Å². The van der Waals surface area contributed by atoms with E-state index in [2.05, 4.69) is 10.4 Å². The van der Waals surface area contributed by atoms with Crippen LogP contribution < -0.4 is 5.32 Å². The van der Waals surface area contributed by atoms with E-state index in [0.717, 1.165) is 0 Å². The second-order valence-corrected chi connectivity index (χ2v) is 5.38. The molecule has 0 unspecified atom stereocenters. The van der Waals surface area contributed by atoms with Crippen molar-refractivity contribution < 1.29 is 19.4 Å². The molecule has 0 radical (unpaired) electrons. The predicted molar refractivity (Wildman–Crippen MR) is 84.4 cm³/mol. The molecule has 2 N–H and O–H groups in total. The van der Waals surface area contributed by atoms with Gasteiger partial charge in [0.25, 0.3) is 5.91 Å². The fourth-order valence-corrected chi connectivity index (χ4v) is 1.95. The van der Waals surface area contributed by atoms with Crippen LogP contribution in [0.2, 0.25) is 0 Å². The van der Waals surface area contributed by atoms with Gasteiger partial charge in [0.2, 0.25) is 0 Å². The SMILES string of the molecule is Cc1ccc(C(=O)OCC(=O)Nc2ccnn2C(C)C)cc1O. The first-order chi connectivity index (χ1) is 10.9. The molecule has 0 atom stereocenters. The standard InChI is InChI=1S/C16H19N3O4/c1-10(2)19-14(6-7-17-19)18-15(21)9-23-16(22)12-5-4-11(3)13(20)8-12/h4-8,10,20H,9H2,1-3H3,(H,18,21). The summed E-state index contributed by atoms with van der Waals surface area (Å²) in [5.74, 6) is -0.594. The van der Waals surface area contributed by atoms with Crippen LogP contribution in [-0.2, 0) is 9.53 Å². The van der Waals surface area contributed by atoms with Crippen LogP contribution in [-0.4, -0.2) is 33.4 Å². The topological polar surface area (TPSA) is 93.5 Å². The number of carbonyl (C=O) groups excluding carboxylic acids is 2. The van der Waals surface area contributed by atoms with Gasteiger partial charge in [-0.25, -0.2) is 9.48 Å². The van der Waals surface area contributed by atoms with Gasteiger partial charge in [-0.3, -0.25) is 4.79 Å². The molecule has 7 nitrogen and oxygen atoms in total. The van der Waals surface area contributed by atoms with Crippen LogP contribution in [0.4, 0.5) is 5.82 Å². The Hall–Kier alpha value is -2.83. The van der Waals surface area contributed by atoms with E-state index in [4.69, 9.17) is 4.74 Å². The molecule has 1 aromatic heterocycles. The van der Waals surface area contributed by atoms with E-state index in [1.54, 1.807) is 29.9 Å². The first-order valence-electron chi connectivity index (χ1n) is 7.18. The fourth-order valence-electron chi connectivity index (χ4n) is 1.95. The number of phenols is 1. The van der Waals surface area contributed by atoms with Crippen molar-refractivity contribution >= 4 is 17.7 Å². The molecule has 122 valence electrons. The molecule has 0 spiro atoms. The van der Waals surface area contributed by atoms with Gasteiger partial charge in [-0.1, -0.05) is 6.07 Å². The van der Waals surface area contributed by atoms with Gasteiger partial charge in [0.05, 0.1) is 11.8 Å². The summed E-state index contributed by atoms with van der Waals surface area (Å²) in [6, 6.07) is 6.20. The number of benzene rings is 1. The zero-order valence-corrected chi connectivity index (χ0v) is 13.2. The molecule has 1 aromatic carbocycles. The van der Waals surface area contributed by atoms with Crippen molar-refractivity contribution in [1.82, 2.24) is 9.78 Å². The molecular formula is C16H19N3O4. The molecule has 0 saturated heterocycles. The van der Waals surface area contributed by atoms with Crippen molar-refractivity contribution in [2.45, 2.75) is 26.8 Å². The largest absolute Gasteiger partial charge is 0.508 e. The van der Waals surface area contributed by atoms with Crippen LogP contribution in [0.25, 0.3) is 0 Å². The first-order valence-corrected chi connectivity index (χ1v) is 7.18. The molecule has 0 aliphatic rings. The van der Waals surface area contributed by atoms with Gasteiger partial charge < -0.3 is 15.2 Å². The number of esters is 1. The molecule has 0 bridgehead atoms. The van der Waals surface area contributed by atoms with Crippen LogP contribution in [0.1, 0.15) is 35.8 Å². The lowest BCUT2D eigenvalue weighted by Crippen LogP contribution is -2.23. The molecule has 23 heavy (non-hydrogen) atoms. The summed E-state index contributed by atoms with van der Waals surface area (Å²) in [5.41, 5.74) is 0.842. The molecule has 0 fully saturated rings. The third kappa shape index (κ3) is 4.09. The van der Waals surface area contributed by atoms with Crippen molar-refractivity contribution in [3.05, 3.63) is 41.6 Å². The summed E-state index contributed by atoms with van der Waals surface area (Å²) in [4.78, 5) is 23.7. The second-order valence-electron chi connectivity index (χ2n) is 5.38. The number of ether oxygens (including phenoxy) is 1. The Morgan fingerprint density at radius 2 is 2.09 bits per heavy atom. The maximum absolute atomic E-state index is 11.9. The van der Waals surface area contributed by atoms with Gasteiger partial charge in [0, 0.05) is 12.1 Å². The molecule has 2 rings (SSSR count). The first kappa shape index (κ1) is 16.5. The van der Waals surface area contributed by atoms with E-state index in [-0.39, 0.29) is 17.4 Å². The number of anilines is 1. The summed E-state index contributed by atoms with van der Waals surface area (Å²) in [5, 5.41) is 16.3. The van der Waals surface area contributed by atoms with E-state index < -0.39 is 18.5 Å². The quantitative estimate of drug-likeness (QED) is 0.825. The number of aromatic hydroxyl groups is 1. The Morgan fingerprint density at radius 1 is 1.35 bits per heavy atom. The van der Waals surface area contributed by atoms with Crippen LogP contribution in [0.15, 0.2) is 30.5 Å². The van der Waals surface area contributed by atoms with E-state index in [1.807, 2.05) is 13.8 Å². The molecular weight excluding hydrogens is 298 g/mol. The smallest absolute Gasteiger partial charge is 0.338 e. The highest BCUT2D eigenvalue weighted by molar-refractivity contribution is 5.95. The molecule has 7 heteroatoms. The van der Waals surface area contributed by atoms with E-state index in [9.17, 15) is 14.7 Å². The Morgan fingerprint density at radius 3 is 2.74 bits per heavy atom. The van der Waals surface area contributed by atoms with Gasteiger partial charge >= 0.3 is 5.97 Å². The third-order valence-electron chi connectivity index (χ3n) is 3.21. The average molecular weight is 317 g/mol. The van der Waals surface area contributed by atoms with Crippen LogP contribution >= 0.6 is 0 Å². The molecule has 0 saturated carbocycles. The lowest BCUT2D eigenvalue weighted by Gasteiger charge is -2.12. The van der Waals surface area contributed by atoms with Crippen molar-refractivity contribution in [1.29, 1.82) is 0 Å². The van der Waals surface area contributed by atoms with E-state index in [1.165, 1.54) is 12.1 Å². The highest BCUT2D eigenvalue weighted by atomic mass is 16.5. The zero-order chi connectivity index (χ0) is 17.0. The molecule has 1 amide bonds. The Kier molecular flexibility index (Phi) is 5.00. The number of carbonyl (C=O) groups is 2. The number of nitrogens with one attached hydrogen (secondary N) is 1. The fraction of sp³-hybridized carbons (Fsp3) is 0.312. The lowest BCUT2D eigenvalue weighted by atomic mass is 10.1. The summed E-state index contributed by atoms with van der Waals surface area (Å²) in [6.07, 6.45) is 1.58. The van der Waals surface area contributed by atoms with Crippen molar-refractivity contribution in [3.63, 3.8) is 0 Å². The zero-order valence-electron chi connectivity index (χ0n) is 13.2. The highest BCUT2D eigenvalue weighted by Gasteiger charge is 2.13. The molecule has 1 heterocycles. The Balaban J connectivity index is 1.92. The normalized spacial score (nSPS) is 10.6. The van der Waals surface area contributed by atoms with Crippen molar-refractivity contribution in [2.24, 2.45) is 0 Å². The predicted octanol–water partition coefficient (Wildman–Crippen LogP) is 2.27. The Labute approximate surface area is 133 Å². The summed E-state index contributed by atoms with van der Waals surface area (Å²) in [7, 11) is 0. The molecule has 2 aromatic rings. The van der Waals surface area contributed by atoms with E-state index >= 15 is 0 Å². The number of phenolic OH excluding ortho intramolecular Hbond substituents is 1. The average Bonchev–Trinajstić information content (AvgIpc) is 2.96. The summed E-state index contributed by atoms with van der Waals surface area (Å²) < 4.78 is 6.59. The maximum Gasteiger partial charge on any atom is 0.338 e. The number of hydrogen-bond donors (Lipinski definition) is 2. The van der Waals surface area contributed by atoms with E-state index in [0.29, 0.717) is 11.4 Å². The summed E-state index contributed by atoms with van der Waals surface area (Å²) >= 11 is 0. The van der Waals surface area contributed by atoms with Crippen LogP contribution in [0.3, 0.4) is 0 Å². The Bertz CT molecular complexity index is 722. The number of aromatic nitrogens is 2. The summed E-state index contributed by atoms with van der Waals surface area (Å²) in [6.45, 7) is 5.17. The van der Waals surface area contributed by atoms with Gasteiger partial charge in [-0.2, -0.15) is 5.10 Å². The number of rotatable bonds is 5. The van der Waals surface area contributed by atoms with Gasteiger partial charge in [0.1, 0.15) is 11.6 Å². The lowest BCUT2D eigenvalue weighted by molar-refractivity contribution is -0.119. The van der Waals surface area contributed by atoms with Gasteiger partial charge in [0.15, 0.2) is 6.61 Å². The van der Waals surface area contributed by atoms with Crippen molar-refractivity contribution in [3.8, 4) is 5.75 Å². The number of aryl methyl sites for hydroxylation is 1. The number of hydrogen-bond acceptors (Lipinski definition) is 5. The minimum Gasteiger partial charge on any atom is -0.508 e. The van der Waals surface area contributed by atoms with Crippen molar-refractivity contribution in [2.75, 3.05) is 11.9 Å². The highest BCUT2D eigenvalue weighted by Crippen LogP contribution is 2.18. The molecule has 0 aliphatic carbocycles. The van der Waals surface area contributed by atoms with Gasteiger partial charge in [-0.05, 0) is 38.5 Å². The van der Waals surface area contributed by atoms with Crippen LogP contribution in [0.5, 0.6) is 5.75 Å². The molecule has 0 aliphatic heterocycles. The minimum absolute atomic E-state index is 0.00439. The third-order valence-corrected chi connectivity index (χ3v) is 3.21. The minimum atomic E-state index is -0.673. The monoisotopic (exact) mass is 317 g/mol.